The molecular formula is C24H25ClN2O4. The molecule has 1 saturated heterocycles. The fourth-order valence-corrected chi connectivity index (χ4v) is 4.17. The van der Waals surface area contributed by atoms with Gasteiger partial charge >= 0.3 is 5.97 Å². The molecule has 1 fully saturated rings. The summed E-state index contributed by atoms with van der Waals surface area (Å²) in [7, 11) is 0. The molecule has 1 aliphatic heterocycles. The zero-order valence-corrected chi connectivity index (χ0v) is 18.2. The normalized spacial score (nSPS) is 15.1. The lowest BCUT2D eigenvalue weighted by molar-refractivity contribution is 0.0489. The average Bonchev–Trinajstić information content (AvgIpc) is 2.96. The zero-order valence-electron chi connectivity index (χ0n) is 17.5. The standard InChI is InChI=1S/C24H25ClN2O4/c1-2-30-24(29)22-20(19-9-3-4-10-21(19)31-22)16-26-11-6-12-27(14-13-26)23(28)17-7-5-8-18(25)15-17/h3-5,7-10,15H,2,6,11-14,16H2,1H3. The van der Waals surface area contributed by atoms with Gasteiger partial charge in [0.15, 0.2) is 0 Å². The number of carbonyl (C=O) groups is 2. The van der Waals surface area contributed by atoms with Crippen LogP contribution in [0.1, 0.15) is 39.8 Å². The first-order valence-electron chi connectivity index (χ1n) is 10.5. The number of fused-ring (bicyclic) bond motifs is 1. The molecule has 0 N–H and O–H groups in total. The number of rotatable bonds is 5. The van der Waals surface area contributed by atoms with Crippen LogP contribution in [0.5, 0.6) is 0 Å². The second-order valence-corrected chi connectivity index (χ2v) is 8.00. The Hall–Kier alpha value is -2.83. The van der Waals surface area contributed by atoms with E-state index in [0.29, 0.717) is 49.0 Å². The van der Waals surface area contributed by atoms with Crippen molar-refractivity contribution < 1.29 is 18.7 Å². The summed E-state index contributed by atoms with van der Waals surface area (Å²) in [4.78, 5) is 29.5. The molecule has 0 bridgehead atoms. The van der Waals surface area contributed by atoms with Gasteiger partial charge in [0.05, 0.1) is 6.61 Å². The molecule has 2 heterocycles. The van der Waals surface area contributed by atoms with Gasteiger partial charge in [-0.15, -0.1) is 0 Å². The van der Waals surface area contributed by atoms with Crippen LogP contribution in [-0.4, -0.2) is 54.5 Å². The van der Waals surface area contributed by atoms with Crippen LogP contribution in [0.4, 0.5) is 0 Å². The monoisotopic (exact) mass is 440 g/mol. The molecule has 0 saturated carbocycles. The van der Waals surface area contributed by atoms with Crippen molar-refractivity contribution in [1.29, 1.82) is 0 Å². The van der Waals surface area contributed by atoms with Gasteiger partial charge in [-0.1, -0.05) is 35.9 Å². The van der Waals surface area contributed by atoms with Crippen LogP contribution >= 0.6 is 11.6 Å². The number of hydrogen-bond donors (Lipinski definition) is 0. The van der Waals surface area contributed by atoms with Gasteiger partial charge < -0.3 is 14.1 Å². The lowest BCUT2D eigenvalue weighted by atomic mass is 10.1. The molecule has 0 radical (unpaired) electrons. The lowest BCUT2D eigenvalue weighted by Gasteiger charge is -2.22. The van der Waals surface area contributed by atoms with Crippen molar-refractivity contribution in [2.75, 3.05) is 32.8 Å². The number of esters is 1. The maximum Gasteiger partial charge on any atom is 0.374 e. The number of nitrogens with zero attached hydrogens (tertiary/aromatic N) is 2. The van der Waals surface area contributed by atoms with Crippen molar-refractivity contribution in [1.82, 2.24) is 9.80 Å². The van der Waals surface area contributed by atoms with Crippen LogP contribution in [0.3, 0.4) is 0 Å². The summed E-state index contributed by atoms with van der Waals surface area (Å²) in [6.45, 7) is 5.44. The average molecular weight is 441 g/mol. The summed E-state index contributed by atoms with van der Waals surface area (Å²) in [5, 5.41) is 1.47. The molecule has 7 heteroatoms. The van der Waals surface area contributed by atoms with Gasteiger partial charge in [0, 0.05) is 54.3 Å². The number of benzene rings is 2. The molecule has 31 heavy (non-hydrogen) atoms. The van der Waals surface area contributed by atoms with Crippen molar-refractivity contribution in [2.45, 2.75) is 19.9 Å². The molecule has 6 nitrogen and oxygen atoms in total. The van der Waals surface area contributed by atoms with Crippen LogP contribution in [0, 0.1) is 0 Å². The first kappa shape index (κ1) is 21.4. The van der Waals surface area contributed by atoms with Crippen molar-refractivity contribution in [3.8, 4) is 0 Å². The van der Waals surface area contributed by atoms with E-state index in [9.17, 15) is 9.59 Å². The van der Waals surface area contributed by atoms with E-state index in [4.69, 9.17) is 20.8 Å². The highest BCUT2D eigenvalue weighted by molar-refractivity contribution is 6.30. The number of ether oxygens (including phenoxy) is 1. The molecule has 0 unspecified atom stereocenters. The maximum atomic E-state index is 12.9. The SMILES string of the molecule is CCOC(=O)c1oc2ccccc2c1CN1CCCN(C(=O)c2cccc(Cl)c2)CC1. The molecule has 1 aliphatic rings. The molecule has 162 valence electrons. The van der Waals surface area contributed by atoms with Crippen molar-refractivity contribution >= 4 is 34.4 Å². The lowest BCUT2D eigenvalue weighted by Crippen LogP contribution is -2.35. The molecule has 0 atom stereocenters. The molecule has 1 amide bonds. The van der Waals surface area contributed by atoms with Crippen molar-refractivity contribution in [3.05, 3.63) is 70.4 Å². The Morgan fingerprint density at radius 2 is 1.90 bits per heavy atom. The van der Waals surface area contributed by atoms with Gasteiger partial charge in [-0.3, -0.25) is 9.69 Å². The predicted molar refractivity (Wildman–Crippen MR) is 119 cm³/mol. The minimum atomic E-state index is -0.443. The summed E-state index contributed by atoms with van der Waals surface area (Å²) in [5.41, 5.74) is 2.11. The summed E-state index contributed by atoms with van der Waals surface area (Å²) in [5.74, 6) is -0.189. The van der Waals surface area contributed by atoms with E-state index in [0.717, 1.165) is 23.9 Å². The van der Waals surface area contributed by atoms with Crippen molar-refractivity contribution in [3.63, 3.8) is 0 Å². The van der Waals surface area contributed by atoms with E-state index in [-0.39, 0.29) is 11.7 Å². The summed E-state index contributed by atoms with van der Waals surface area (Å²) in [6, 6.07) is 14.7. The van der Waals surface area contributed by atoms with E-state index in [1.165, 1.54) is 0 Å². The van der Waals surface area contributed by atoms with Crippen LogP contribution in [0.2, 0.25) is 5.02 Å². The number of hydrogen-bond acceptors (Lipinski definition) is 5. The fourth-order valence-electron chi connectivity index (χ4n) is 3.98. The van der Waals surface area contributed by atoms with Crippen LogP contribution in [0.25, 0.3) is 11.0 Å². The van der Waals surface area contributed by atoms with Crippen LogP contribution < -0.4 is 0 Å². The van der Waals surface area contributed by atoms with Gasteiger partial charge in [0.1, 0.15) is 5.58 Å². The molecule has 4 rings (SSSR count). The minimum Gasteiger partial charge on any atom is -0.460 e. The summed E-state index contributed by atoms with van der Waals surface area (Å²) in [6.07, 6.45) is 0.844. The molecule has 3 aromatic rings. The van der Waals surface area contributed by atoms with E-state index < -0.39 is 5.97 Å². The Labute approximate surface area is 186 Å². The number of para-hydroxylation sites is 1. The number of halogens is 1. The Bertz CT molecular complexity index is 1090. The third-order valence-corrected chi connectivity index (χ3v) is 5.72. The minimum absolute atomic E-state index is 0.00896. The van der Waals surface area contributed by atoms with E-state index >= 15 is 0 Å². The molecule has 2 aromatic carbocycles. The Kier molecular flexibility index (Phi) is 6.59. The quantitative estimate of drug-likeness (QED) is 0.542. The first-order chi connectivity index (χ1) is 15.1. The number of amides is 1. The highest BCUT2D eigenvalue weighted by Gasteiger charge is 2.25. The third kappa shape index (κ3) is 4.75. The largest absolute Gasteiger partial charge is 0.460 e. The van der Waals surface area contributed by atoms with Gasteiger partial charge in [-0.2, -0.15) is 0 Å². The smallest absolute Gasteiger partial charge is 0.374 e. The van der Waals surface area contributed by atoms with Crippen LogP contribution in [0.15, 0.2) is 52.9 Å². The Balaban J connectivity index is 1.51. The van der Waals surface area contributed by atoms with Crippen LogP contribution in [-0.2, 0) is 11.3 Å². The van der Waals surface area contributed by atoms with E-state index in [1.54, 1.807) is 31.2 Å². The topological polar surface area (TPSA) is 63.0 Å². The Morgan fingerprint density at radius 3 is 2.71 bits per heavy atom. The zero-order chi connectivity index (χ0) is 21.8. The molecule has 0 spiro atoms. The summed E-state index contributed by atoms with van der Waals surface area (Å²) < 4.78 is 11.0. The molecule has 0 aliphatic carbocycles. The number of furan rings is 1. The second kappa shape index (κ2) is 9.54. The van der Waals surface area contributed by atoms with Gasteiger partial charge in [-0.05, 0) is 37.6 Å². The highest BCUT2D eigenvalue weighted by Crippen LogP contribution is 2.28. The molecule has 1 aromatic heterocycles. The van der Waals surface area contributed by atoms with Gasteiger partial charge in [-0.25, -0.2) is 4.79 Å². The summed E-state index contributed by atoms with van der Waals surface area (Å²) >= 11 is 6.05. The van der Waals surface area contributed by atoms with Gasteiger partial charge in [0.25, 0.3) is 5.91 Å². The predicted octanol–water partition coefficient (Wildman–Crippen LogP) is 4.61. The number of carbonyl (C=O) groups excluding carboxylic acids is 2. The molecular weight excluding hydrogens is 416 g/mol. The second-order valence-electron chi connectivity index (χ2n) is 7.56. The van der Waals surface area contributed by atoms with E-state index in [1.807, 2.05) is 29.2 Å². The fraction of sp³-hybridized carbons (Fsp3) is 0.333. The van der Waals surface area contributed by atoms with Crippen molar-refractivity contribution in [2.24, 2.45) is 0 Å². The maximum absolute atomic E-state index is 12.9. The Morgan fingerprint density at radius 1 is 1.06 bits per heavy atom. The first-order valence-corrected chi connectivity index (χ1v) is 10.9. The highest BCUT2D eigenvalue weighted by atomic mass is 35.5. The van der Waals surface area contributed by atoms with Gasteiger partial charge in [0.2, 0.25) is 5.76 Å². The van der Waals surface area contributed by atoms with E-state index in [2.05, 4.69) is 4.90 Å². The third-order valence-electron chi connectivity index (χ3n) is 5.49.